The molecule has 0 amide bonds. The average Bonchev–Trinajstić information content (AvgIpc) is 2.40. The van der Waals surface area contributed by atoms with Gasteiger partial charge in [-0.15, -0.1) is 0 Å². The van der Waals surface area contributed by atoms with Crippen LogP contribution in [0.2, 0.25) is 0 Å². The van der Waals surface area contributed by atoms with Crippen LogP contribution in [0.3, 0.4) is 0 Å². The normalized spacial score (nSPS) is 13.2. The van der Waals surface area contributed by atoms with Gasteiger partial charge in [-0.25, -0.2) is 0 Å². The van der Waals surface area contributed by atoms with Crippen molar-refractivity contribution < 1.29 is 15.3 Å². The van der Waals surface area contributed by atoms with Gasteiger partial charge in [0.1, 0.15) is 0 Å². The molecule has 1 atom stereocenters. The minimum absolute atomic E-state index is 0.336. The molecule has 0 aromatic heterocycles. The summed E-state index contributed by atoms with van der Waals surface area (Å²) in [5, 5.41) is 26.5. The maximum absolute atomic E-state index is 9.35. The van der Waals surface area contributed by atoms with Crippen molar-refractivity contribution in [1.82, 2.24) is 0 Å². The third-order valence-electron chi connectivity index (χ3n) is 3.47. The van der Waals surface area contributed by atoms with Crippen molar-refractivity contribution in [3.05, 3.63) is 12.3 Å². The highest BCUT2D eigenvalue weighted by Gasteiger charge is 1.98. The molecule has 0 bridgehead atoms. The van der Waals surface area contributed by atoms with Gasteiger partial charge in [0, 0.05) is 6.61 Å². The van der Waals surface area contributed by atoms with Crippen molar-refractivity contribution in [3.63, 3.8) is 0 Å². The van der Waals surface area contributed by atoms with Crippen molar-refractivity contribution in [1.29, 1.82) is 0 Å². The van der Waals surface area contributed by atoms with E-state index < -0.39 is 6.10 Å². The Kier molecular flexibility index (Phi) is 15.1. The Bertz CT molecular complexity index is 192. The van der Waals surface area contributed by atoms with Gasteiger partial charge in [-0.3, -0.25) is 0 Å². The van der Waals surface area contributed by atoms with E-state index in [0.29, 0.717) is 6.61 Å². The van der Waals surface area contributed by atoms with Gasteiger partial charge >= 0.3 is 0 Å². The first-order valence-corrected chi connectivity index (χ1v) is 7.91. The number of unbranched alkanes of at least 4 members (excludes halogenated alkanes) is 10. The summed E-state index contributed by atoms with van der Waals surface area (Å²) in [6.45, 7) is 0.336. The Hall–Kier alpha value is -0.540. The average molecular weight is 272 g/mol. The molecule has 0 aliphatic rings. The maximum Gasteiger partial charge on any atom is 0.0777 e. The molecule has 19 heavy (non-hydrogen) atoms. The quantitative estimate of drug-likeness (QED) is 0.330. The van der Waals surface area contributed by atoms with Crippen LogP contribution in [0.1, 0.15) is 77.0 Å². The van der Waals surface area contributed by atoms with Crippen LogP contribution in [0.4, 0.5) is 0 Å². The van der Waals surface area contributed by atoms with Crippen LogP contribution in [0.5, 0.6) is 0 Å². The van der Waals surface area contributed by atoms with E-state index in [1.807, 2.05) is 0 Å². The molecular weight excluding hydrogens is 240 g/mol. The van der Waals surface area contributed by atoms with Crippen molar-refractivity contribution in [2.45, 2.75) is 83.2 Å². The number of hydrogen-bond donors (Lipinski definition) is 3. The van der Waals surface area contributed by atoms with Crippen molar-refractivity contribution >= 4 is 0 Å². The van der Waals surface area contributed by atoms with Gasteiger partial charge in [-0.2, -0.15) is 0 Å². The number of aliphatic hydroxyl groups is 3. The molecule has 0 heterocycles. The zero-order chi connectivity index (χ0) is 14.2. The van der Waals surface area contributed by atoms with E-state index in [2.05, 4.69) is 0 Å². The predicted molar refractivity (Wildman–Crippen MR) is 80.3 cm³/mol. The minimum Gasteiger partial charge on any atom is -0.516 e. The first kappa shape index (κ1) is 18.5. The van der Waals surface area contributed by atoms with Crippen LogP contribution in [-0.2, 0) is 0 Å². The maximum atomic E-state index is 9.35. The molecule has 114 valence electrons. The third-order valence-corrected chi connectivity index (χ3v) is 3.47. The van der Waals surface area contributed by atoms with Crippen molar-refractivity contribution in [3.8, 4) is 0 Å². The summed E-state index contributed by atoms with van der Waals surface area (Å²) in [6.07, 6.45) is 16.0. The second-order valence-corrected chi connectivity index (χ2v) is 5.31. The third kappa shape index (κ3) is 15.4. The summed E-state index contributed by atoms with van der Waals surface area (Å²) in [7, 11) is 0. The van der Waals surface area contributed by atoms with Crippen LogP contribution in [0.15, 0.2) is 12.3 Å². The zero-order valence-electron chi connectivity index (χ0n) is 12.3. The molecule has 0 radical (unpaired) electrons. The fraction of sp³-hybridized carbons (Fsp3) is 0.875. The molecular formula is C16H32O3. The highest BCUT2D eigenvalue weighted by molar-refractivity contribution is 4.81. The lowest BCUT2D eigenvalue weighted by Gasteiger charge is -2.05. The topological polar surface area (TPSA) is 60.7 Å². The summed E-state index contributed by atoms with van der Waals surface area (Å²) in [5.74, 6) is 0. The van der Waals surface area contributed by atoms with Crippen molar-refractivity contribution in [2.24, 2.45) is 0 Å². The SMILES string of the molecule is OC=CC(O)CCCCCCCCCCCCCO. The smallest absolute Gasteiger partial charge is 0.0777 e. The van der Waals surface area contributed by atoms with E-state index in [-0.39, 0.29) is 0 Å². The molecule has 3 nitrogen and oxygen atoms in total. The van der Waals surface area contributed by atoms with Gasteiger partial charge in [0.25, 0.3) is 0 Å². The Morgan fingerprint density at radius 2 is 1.11 bits per heavy atom. The summed E-state index contributed by atoms with van der Waals surface area (Å²) in [6, 6.07) is 0. The van der Waals surface area contributed by atoms with Gasteiger partial charge < -0.3 is 15.3 Å². The second kappa shape index (κ2) is 15.5. The number of rotatable bonds is 14. The van der Waals surface area contributed by atoms with Crippen molar-refractivity contribution in [2.75, 3.05) is 6.61 Å². The molecule has 1 unspecified atom stereocenters. The molecule has 0 aromatic rings. The Morgan fingerprint density at radius 1 is 0.684 bits per heavy atom. The summed E-state index contributed by atoms with van der Waals surface area (Å²) >= 11 is 0. The van der Waals surface area contributed by atoms with Gasteiger partial charge in [-0.05, 0) is 18.9 Å². The first-order valence-electron chi connectivity index (χ1n) is 7.91. The fourth-order valence-electron chi connectivity index (χ4n) is 2.25. The first-order chi connectivity index (χ1) is 9.31. The molecule has 3 N–H and O–H groups in total. The molecule has 0 saturated heterocycles. The largest absolute Gasteiger partial charge is 0.516 e. The molecule has 0 spiro atoms. The van der Waals surface area contributed by atoms with Gasteiger partial charge in [0.15, 0.2) is 0 Å². The summed E-state index contributed by atoms with van der Waals surface area (Å²) in [5.41, 5.74) is 0. The van der Waals surface area contributed by atoms with E-state index in [1.165, 1.54) is 63.9 Å². The highest BCUT2D eigenvalue weighted by atomic mass is 16.3. The minimum atomic E-state index is -0.482. The Balaban J connectivity index is 3.03. The van der Waals surface area contributed by atoms with Crippen LogP contribution >= 0.6 is 0 Å². The van der Waals surface area contributed by atoms with Gasteiger partial charge in [0.05, 0.1) is 12.4 Å². The molecule has 0 aromatic carbocycles. The highest BCUT2D eigenvalue weighted by Crippen LogP contribution is 2.12. The van der Waals surface area contributed by atoms with E-state index in [4.69, 9.17) is 10.2 Å². The lowest BCUT2D eigenvalue weighted by Crippen LogP contribution is -2.01. The van der Waals surface area contributed by atoms with E-state index in [9.17, 15) is 5.11 Å². The van der Waals surface area contributed by atoms with Crippen LogP contribution < -0.4 is 0 Å². The van der Waals surface area contributed by atoms with Crippen LogP contribution in [0, 0.1) is 0 Å². The molecule has 0 saturated carbocycles. The molecule has 3 heteroatoms. The van der Waals surface area contributed by atoms with Crippen LogP contribution in [0.25, 0.3) is 0 Å². The number of hydrogen-bond acceptors (Lipinski definition) is 3. The van der Waals surface area contributed by atoms with Gasteiger partial charge in [0.2, 0.25) is 0 Å². The van der Waals surface area contributed by atoms with E-state index in [1.54, 1.807) is 0 Å². The van der Waals surface area contributed by atoms with Crippen LogP contribution in [-0.4, -0.2) is 28.0 Å². The summed E-state index contributed by atoms with van der Waals surface area (Å²) < 4.78 is 0. The number of aliphatic hydroxyl groups excluding tert-OH is 3. The predicted octanol–water partition coefficient (Wildman–Crippen LogP) is 4.09. The molecule has 0 aliphatic carbocycles. The van der Waals surface area contributed by atoms with E-state index in [0.717, 1.165) is 25.5 Å². The molecule has 0 fully saturated rings. The monoisotopic (exact) mass is 272 g/mol. The standard InChI is InChI=1S/C16H32O3/c17-14-11-9-7-5-3-1-2-4-6-8-10-12-16(19)13-15-18/h13,15-19H,1-12,14H2. The lowest BCUT2D eigenvalue weighted by molar-refractivity contribution is 0.205. The lowest BCUT2D eigenvalue weighted by atomic mass is 10.0. The molecule has 0 rings (SSSR count). The second-order valence-electron chi connectivity index (χ2n) is 5.31. The molecule has 0 aliphatic heterocycles. The Morgan fingerprint density at radius 3 is 1.53 bits per heavy atom. The Labute approximate surface area is 118 Å². The summed E-state index contributed by atoms with van der Waals surface area (Å²) in [4.78, 5) is 0. The van der Waals surface area contributed by atoms with Gasteiger partial charge in [-0.1, -0.05) is 64.2 Å². The zero-order valence-corrected chi connectivity index (χ0v) is 12.3. The van der Waals surface area contributed by atoms with E-state index >= 15 is 0 Å². The fourth-order valence-corrected chi connectivity index (χ4v) is 2.25.